The van der Waals surface area contributed by atoms with Crippen molar-refractivity contribution in [3.63, 3.8) is 0 Å². The lowest BCUT2D eigenvalue weighted by Crippen LogP contribution is -2.42. The van der Waals surface area contributed by atoms with Crippen LogP contribution in [0.2, 0.25) is 0 Å². The number of amides is 3. The third-order valence-electron chi connectivity index (χ3n) is 4.58. The van der Waals surface area contributed by atoms with Gasteiger partial charge in [-0.2, -0.15) is 4.37 Å². The number of anilines is 1. The molecule has 2 heterocycles. The summed E-state index contributed by atoms with van der Waals surface area (Å²) in [4.78, 5) is 26.3. The van der Waals surface area contributed by atoms with Crippen LogP contribution in [0.25, 0.3) is 0 Å². The number of nitrogens with two attached hydrogens (primary N) is 1. The number of halogens is 1. The van der Waals surface area contributed by atoms with Crippen LogP contribution in [0.5, 0.6) is 11.6 Å². The van der Waals surface area contributed by atoms with E-state index in [4.69, 9.17) is 19.9 Å². The first kappa shape index (κ1) is 22.7. The van der Waals surface area contributed by atoms with Crippen LogP contribution < -0.4 is 25.8 Å². The zero-order chi connectivity index (χ0) is 22.2. The number of morpholine rings is 1. The summed E-state index contributed by atoms with van der Waals surface area (Å²) in [5.41, 5.74) is 5.62. The standard InChI is InChI=1S/C19H24FN5O5S/c1-28-13-3-2-12(14(20)10-13)11-30-17-15(16(21)26)18(31-24-17)23-19(27)22-4-5-25-6-8-29-9-7-25/h2-3,10H,4-9,11H2,1H3,(H2,21,26)(H2,22,23,27). The number of aromatic nitrogens is 1. The Balaban J connectivity index is 1.56. The lowest BCUT2D eigenvalue weighted by molar-refractivity contribution is 0.0388. The summed E-state index contributed by atoms with van der Waals surface area (Å²) in [7, 11) is 1.44. The Kier molecular flexibility index (Phi) is 7.98. The maximum atomic E-state index is 14.1. The Morgan fingerprint density at radius 2 is 2.13 bits per heavy atom. The molecule has 1 fully saturated rings. The molecule has 1 aromatic heterocycles. The molecule has 12 heteroatoms. The van der Waals surface area contributed by atoms with Gasteiger partial charge in [-0.1, -0.05) is 0 Å². The van der Waals surface area contributed by atoms with Crippen LogP contribution in [0.1, 0.15) is 15.9 Å². The van der Waals surface area contributed by atoms with Crippen molar-refractivity contribution in [3.05, 3.63) is 35.1 Å². The lowest BCUT2D eigenvalue weighted by Gasteiger charge is -2.26. The SMILES string of the molecule is COc1ccc(COc2nsc(NC(=O)NCCN3CCOCC3)c2C(N)=O)c(F)c1. The minimum atomic E-state index is -0.817. The van der Waals surface area contributed by atoms with Crippen LogP contribution in [-0.4, -0.2) is 67.7 Å². The van der Waals surface area contributed by atoms with Crippen molar-refractivity contribution >= 4 is 28.5 Å². The highest BCUT2D eigenvalue weighted by Gasteiger charge is 2.22. The van der Waals surface area contributed by atoms with Crippen molar-refractivity contribution in [1.82, 2.24) is 14.6 Å². The maximum Gasteiger partial charge on any atom is 0.319 e. The van der Waals surface area contributed by atoms with Crippen LogP contribution in [-0.2, 0) is 11.3 Å². The monoisotopic (exact) mass is 453 g/mol. The maximum absolute atomic E-state index is 14.1. The van der Waals surface area contributed by atoms with E-state index in [0.717, 1.165) is 24.6 Å². The topological polar surface area (TPSA) is 128 Å². The molecule has 0 spiro atoms. The van der Waals surface area contributed by atoms with E-state index in [1.165, 1.54) is 19.2 Å². The van der Waals surface area contributed by atoms with Crippen molar-refractivity contribution in [2.24, 2.45) is 5.73 Å². The predicted octanol–water partition coefficient (Wildman–Crippen LogP) is 1.42. The summed E-state index contributed by atoms with van der Waals surface area (Å²) in [6.45, 7) is 3.93. The van der Waals surface area contributed by atoms with Gasteiger partial charge in [0, 0.05) is 37.8 Å². The first-order valence-corrected chi connectivity index (χ1v) is 10.3. The zero-order valence-electron chi connectivity index (χ0n) is 17.0. The minimum Gasteiger partial charge on any atom is -0.497 e. The second-order valence-electron chi connectivity index (χ2n) is 6.64. The molecule has 1 aliphatic rings. The number of urea groups is 1. The Morgan fingerprint density at radius 3 is 2.81 bits per heavy atom. The molecule has 4 N–H and O–H groups in total. The number of ether oxygens (including phenoxy) is 3. The number of primary amides is 1. The number of carbonyl (C=O) groups is 2. The Bertz CT molecular complexity index is 919. The molecule has 3 amide bonds. The number of benzene rings is 1. The van der Waals surface area contributed by atoms with Crippen molar-refractivity contribution in [2.75, 3.05) is 51.8 Å². The summed E-state index contributed by atoms with van der Waals surface area (Å²) >= 11 is 0.851. The highest BCUT2D eigenvalue weighted by Crippen LogP contribution is 2.31. The third kappa shape index (κ3) is 6.26. The van der Waals surface area contributed by atoms with E-state index in [2.05, 4.69) is 19.9 Å². The first-order valence-electron chi connectivity index (χ1n) is 9.57. The van der Waals surface area contributed by atoms with Gasteiger partial charge in [0.25, 0.3) is 5.91 Å². The van der Waals surface area contributed by atoms with E-state index in [1.807, 2.05) is 0 Å². The molecule has 0 atom stereocenters. The molecule has 1 saturated heterocycles. The second-order valence-corrected chi connectivity index (χ2v) is 7.41. The molecular weight excluding hydrogens is 429 g/mol. The van der Waals surface area contributed by atoms with Crippen molar-refractivity contribution in [2.45, 2.75) is 6.61 Å². The quantitative estimate of drug-likeness (QED) is 0.524. The fourth-order valence-corrected chi connectivity index (χ4v) is 3.63. The first-order chi connectivity index (χ1) is 15.0. The number of rotatable bonds is 9. The summed E-state index contributed by atoms with van der Waals surface area (Å²) < 4.78 is 33.8. The number of hydrogen-bond acceptors (Lipinski definition) is 8. The average Bonchev–Trinajstić information content (AvgIpc) is 3.16. The molecule has 0 unspecified atom stereocenters. The molecule has 31 heavy (non-hydrogen) atoms. The van der Waals surface area contributed by atoms with Crippen molar-refractivity contribution < 1.29 is 28.2 Å². The van der Waals surface area contributed by atoms with Crippen LogP contribution in [0.3, 0.4) is 0 Å². The highest BCUT2D eigenvalue weighted by atomic mass is 32.1. The molecule has 10 nitrogen and oxygen atoms in total. The largest absolute Gasteiger partial charge is 0.497 e. The van der Waals surface area contributed by atoms with Crippen LogP contribution in [0, 0.1) is 5.82 Å². The summed E-state index contributed by atoms with van der Waals surface area (Å²) in [5.74, 6) is -1.04. The third-order valence-corrected chi connectivity index (χ3v) is 5.32. The Hall–Kier alpha value is -2.96. The molecule has 0 radical (unpaired) electrons. The van der Waals surface area contributed by atoms with E-state index in [0.29, 0.717) is 32.1 Å². The number of hydrogen-bond donors (Lipinski definition) is 3. The predicted molar refractivity (Wildman–Crippen MR) is 112 cm³/mol. The van der Waals surface area contributed by atoms with Crippen molar-refractivity contribution in [1.29, 1.82) is 0 Å². The molecular formula is C19H24FN5O5S. The van der Waals surface area contributed by atoms with Gasteiger partial charge in [0.05, 0.1) is 20.3 Å². The molecule has 0 bridgehead atoms. The molecule has 2 aromatic rings. The smallest absolute Gasteiger partial charge is 0.319 e. The Morgan fingerprint density at radius 1 is 1.35 bits per heavy atom. The molecule has 1 aromatic carbocycles. The number of nitrogens with zero attached hydrogens (tertiary/aromatic N) is 2. The van der Waals surface area contributed by atoms with Gasteiger partial charge in [-0.3, -0.25) is 15.0 Å². The van der Waals surface area contributed by atoms with Gasteiger partial charge < -0.3 is 25.3 Å². The van der Waals surface area contributed by atoms with Crippen molar-refractivity contribution in [3.8, 4) is 11.6 Å². The van der Waals surface area contributed by atoms with Crippen LogP contribution in [0.15, 0.2) is 18.2 Å². The van der Waals surface area contributed by atoms with Gasteiger partial charge in [0.15, 0.2) is 0 Å². The van der Waals surface area contributed by atoms with E-state index in [-0.39, 0.29) is 28.6 Å². The molecule has 168 valence electrons. The summed E-state index contributed by atoms with van der Waals surface area (Å²) in [6.07, 6.45) is 0. The van der Waals surface area contributed by atoms with Gasteiger partial charge in [-0.15, -0.1) is 0 Å². The van der Waals surface area contributed by atoms with Crippen LogP contribution >= 0.6 is 11.5 Å². The summed E-state index contributed by atoms with van der Waals surface area (Å²) in [6, 6.07) is 3.83. The van der Waals surface area contributed by atoms with E-state index in [1.54, 1.807) is 6.07 Å². The Labute approximate surface area is 182 Å². The average molecular weight is 453 g/mol. The number of nitrogens with one attached hydrogen (secondary N) is 2. The minimum absolute atomic E-state index is 0.0674. The van der Waals surface area contributed by atoms with E-state index >= 15 is 0 Å². The fourth-order valence-electron chi connectivity index (χ4n) is 2.89. The van der Waals surface area contributed by atoms with E-state index in [9.17, 15) is 14.0 Å². The molecule has 0 saturated carbocycles. The zero-order valence-corrected chi connectivity index (χ0v) is 17.8. The lowest BCUT2D eigenvalue weighted by atomic mass is 10.2. The normalized spacial score (nSPS) is 14.1. The van der Waals surface area contributed by atoms with Gasteiger partial charge >= 0.3 is 6.03 Å². The van der Waals surface area contributed by atoms with Gasteiger partial charge in [0.1, 0.15) is 28.7 Å². The van der Waals surface area contributed by atoms with Gasteiger partial charge in [-0.25, -0.2) is 9.18 Å². The number of methoxy groups -OCH3 is 1. The molecule has 0 aliphatic carbocycles. The second kappa shape index (κ2) is 10.9. The fraction of sp³-hybridized carbons (Fsp3) is 0.421. The van der Waals surface area contributed by atoms with Crippen LogP contribution in [0.4, 0.5) is 14.2 Å². The van der Waals surface area contributed by atoms with Gasteiger partial charge in [-0.05, 0) is 23.7 Å². The number of carbonyl (C=O) groups excluding carboxylic acids is 2. The summed E-state index contributed by atoms with van der Waals surface area (Å²) in [5, 5.41) is 5.44. The molecule has 3 rings (SSSR count). The highest BCUT2D eigenvalue weighted by molar-refractivity contribution is 7.11. The van der Waals surface area contributed by atoms with E-state index < -0.39 is 17.8 Å². The molecule has 1 aliphatic heterocycles. The van der Waals surface area contributed by atoms with Gasteiger partial charge in [0.2, 0.25) is 5.88 Å².